The smallest absolute Gasteiger partial charge is 0 e. The van der Waals surface area contributed by atoms with Crippen LogP contribution >= 0.6 is 11.6 Å². The predicted molar refractivity (Wildman–Crippen MR) is 17.6 cm³/mol. The van der Waals surface area contributed by atoms with E-state index in [2.05, 4.69) is 18.0 Å². The summed E-state index contributed by atoms with van der Waals surface area (Å²) < 4.78 is 0. The van der Waals surface area contributed by atoms with Crippen LogP contribution in [-0.4, -0.2) is 0 Å². The maximum absolute atomic E-state index is 4.39. The van der Waals surface area contributed by atoms with Crippen molar-refractivity contribution in [1.82, 2.24) is 0 Å². The van der Waals surface area contributed by atoms with Gasteiger partial charge >= 0.3 is 0 Å². The van der Waals surface area contributed by atoms with Crippen molar-refractivity contribution in [1.29, 1.82) is 0 Å². The quantitative estimate of drug-likeness (QED) is 0.462. The van der Waals surface area contributed by atoms with E-state index in [1.54, 1.807) is 0 Å². The van der Waals surface area contributed by atoms with Crippen molar-refractivity contribution in [2.75, 3.05) is 0 Å². The van der Waals surface area contributed by atoms with Crippen LogP contribution in [-0.2, 0) is 32.7 Å². The van der Waals surface area contributed by atoms with E-state index in [4.69, 9.17) is 0 Å². The zero-order chi connectivity index (χ0) is 2.00. The van der Waals surface area contributed by atoms with Crippen molar-refractivity contribution in [3.63, 3.8) is 0 Å². The van der Waals surface area contributed by atoms with Crippen molar-refractivity contribution >= 4 is 11.6 Å². The predicted octanol–water partition coefficient (Wildman–Crippen LogP) is 1.46. The van der Waals surface area contributed by atoms with Gasteiger partial charge in [-0.25, -0.2) is 0 Å². The maximum Gasteiger partial charge on any atom is 0 e. The molecule has 0 bridgehead atoms. The van der Waals surface area contributed by atoms with Crippen molar-refractivity contribution in [3.8, 4) is 0 Å². The largest absolute Gasteiger partial charge is 0.358 e. The minimum absolute atomic E-state index is 0. The Bertz CT molecular complexity index is 6.00. The molecule has 4 heavy (non-hydrogen) atoms. The molecular formula is C2H5ClY-2. The van der Waals surface area contributed by atoms with E-state index in [0.29, 0.717) is 0 Å². The SMILES string of the molecule is [CH2-]Cl.[CH3-].[Y]. The van der Waals surface area contributed by atoms with Crippen LogP contribution < -0.4 is 0 Å². The van der Waals surface area contributed by atoms with Crippen LogP contribution in [0.5, 0.6) is 0 Å². The summed E-state index contributed by atoms with van der Waals surface area (Å²) in [6.07, 6.45) is 2.72. The van der Waals surface area contributed by atoms with Crippen LogP contribution in [0.3, 0.4) is 0 Å². The zero-order valence-corrected chi connectivity index (χ0v) is 6.26. The van der Waals surface area contributed by atoms with Gasteiger partial charge in [0.25, 0.3) is 0 Å². The molecule has 25 valence electrons. The fourth-order valence-electron chi connectivity index (χ4n) is 0. The van der Waals surface area contributed by atoms with Crippen molar-refractivity contribution < 1.29 is 32.7 Å². The summed E-state index contributed by atoms with van der Waals surface area (Å²) in [6, 6.07) is 0. The monoisotopic (exact) mass is 153 g/mol. The van der Waals surface area contributed by atoms with Crippen LogP contribution in [0.25, 0.3) is 0 Å². The minimum atomic E-state index is 0. The Labute approximate surface area is 57.8 Å². The molecule has 1 radical (unpaired) electrons. The summed E-state index contributed by atoms with van der Waals surface area (Å²) in [7, 11) is 0. The van der Waals surface area contributed by atoms with Crippen LogP contribution in [0.4, 0.5) is 0 Å². The Morgan fingerprint density at radius 1 is 1.25 bits per heavy atom. The van der Waals surface area contributed by atoms with Gasteiger partial charge in [0.05, 0.1) is 0 Å². The third-order valence-corrected chi connectivity index (χ3v) is 0. The van der Waals surface area contributed by atoms with Crippen LogP contribution in [0.1, 0.15) is 0 Å². The Hall–Kier alpha value is 1.39. The normalized spacial score (nSPS) is 1.50. The van der Waals surface area contributed by atoms with E-state index in [1.807, 2.05) is 0 Å². The Balaban J connectivity index is -0.00000000500. The van der Waals surface area contributed by atoms with Crippen LogP contribution in [0, 0.1) is 13.8 Å². The third-order valence-electron chi connectivity index (χ3n) is 0. The molecule has 0 spiro atoms. The zero-order valence-electron chi connectivity index (χ0n) is 2.66. The first-order valence-electron chi connectivity index (χ1n) is 0.267. The van der Waals surface area contributed by atoms with Gasteiger partial charge in [0.15, 0.2) is 0 Å². The summed E-state index contributed by atoms with van der Waals surface area (Å²) in [4.78, 5) is 0. The first-order chi connectivity index (χ1) is 1.00. The Morgan fingerprint density at radius 2 is 1.25 bits per heavy atom. The van der Waals surface area contributed by atoms with Crippen LogP contribution in [0.15, 0.2) is 0 Å². The van der Waals surface area contributed by atoms with Gasteiger partial charge in [-0.1, -0.05) is 0 Å². The fourth-order valence-corrected chi connectivity index (χ4v) is 0. The summed E-state index contributed by atoms with van der Waals surface area (Å²) in [5.41, 5.74) is 0. The van der Waals surface area contributed by atoms with E-state index in [1.165, 1.54) is 0 Å². The number of hydrogen-bond donors (Lipinski definition) is 0. The fraction of sp³-hybridized carbons (Fsp3) is 0. The molecule has 0 rings (SSSR count). The topological polar surface area (TPSA) is 0 Å². The summed E-state index contributed by atoms with van der Waals surface area (Å²) in [5.74, 6) is 0. The maximum atomic E-state index is 4.39. The minimum Gasteiger partial charge on any atom is -0.358 e. The average molecular weight is 153 g/mol. The number of hydrogen-bond acceptors (Lipinski definition) is 0. The molecule has 0 fully saturated rings. The first-order valence-corrected chi connectivity index (χ1v) is 0.802. The van der Waals surface area contributed by atoms with Gasteiger partial charge in [-0.3, -0.25) is 6.38 Å². The molecule has 0 saturated carbocycles. The summed E-state index contributed by atoms with van der Waals surface area (Å²) in [6.45, 7) is 0. The molecule has 0 aliphatic carbocycles. The van der Waals surface area contributed by atoms with Gasteiger partial charge in [0, 0.05) is 32.7 Å². The molecule has 0 amide bonds. The first kappa shape index (κ1) is 18.2. The van der Waals surface area contributed by atoms with Crippen LogP contribution in [0.2, 0.25) is 0 Å². The van der Waals surface area contributed by atoms with Crippen molar-refractivity contribution in [3.05, 3.63) is 13.8 Å². The van der Waals surface area contributed by atoms with Gasteiger partial charge < -0.3 is 19.0 Å². The molecule has 2 heteroatoms. The number of halogens is 1. The van der Waals surface area contributed by atoms with E-state index in [0.717, 1.165) is 0 Å². The van der Waals surface area contributed by atoms with E-state index in [9.17, 15) is 0 Å². The van der Waals surface area contributed by atoms with Gasteiger partial charge in [0.2, 0.25) is 0 Å². The van der Waals surface area contributed by atoms with Gasteiger partial charge in [-0.05, 0) is 0 Å². The molecular weight excluding hydrogens is 148 g/mol. The van der Waals surface area contributed by atoms with E-state index < -0.39 is 0 Å². The molecule has 0 aliphatic rings. The van der Waals surface area contributed by atoms with Gasteiger partial charge in [0.1, 0.15) is 0 Å². The second kappa shape index (κ2) is 26.0. The van der Waals surface area contributed by atoms with Crippen molar-refractivity contribution in [2.45, 2.75) is 0 Å². The molecule has 0 atom stereocenters. The average Bonchev–Trinajstić information content (AvgIpc) is 1.00. The molecule has 0 aliphatic heterocycles. The molecule has 0 aromatic carbocycles. The van der Waals surface area contributed by atoms with Crippen molar-refractivity contribution in [2.24, 2.45) is 0 Å². The molecule has 0 nitrogen and oxygen atoms in total. The van der Waals surface area contributed by atoms with E-state index in [-0.39, 0.29) is 40.1 Å². The standard InChI is InChI=1S/CH2Cl.CH3.Y/c1-2;;/h1H2;1H3;/q2*-1;. The van der Waals surface area contributed by atoms with Gasteiger partial charge in [-0.15, -0.1) is 0 Å². The molecule has 0 aromatic rings. The molecule has 0 aromatic heterocycles. The summed E-state index contributed by atoms with van der Waals surface area (Å²) >= 11 is 4.39. The molecule has 0 heterocycles. The van der Waals surface area contributed by atoms with E-state index >= 15 is 0 Å². The second-order valence-electron chi connectivity index (χ2n) is 0. The Morgan fingerprint density at radius 3 is 1.25 bits per heavy atom. The second-order valence-corrected chi connectivity index (χ2v) is 0. The van der Waals surface area contributed by atoms with Gasteiger partial charge in [-0.2, -0.15) is 0 Å². The summed E-state index contributed by atoms with van der Waals surface area (Å²) in [5, 5.41) is 0. The molecule has 0 unspecified atom stereocenters. The third kappa shape index (κ3) is 10.0. The molecule has 0 N–H and O–H groups in total. The Kier molecular flexibility index (Phi) is 118. The molecule has 0 saturated heterocycles. The number of rotatable bonds is 0.